The van der Waals surface area contributed by atoms with E-state index in [2.05, 4.69) is 10.0 Å². The fourth-order valence-electron chi connectivity index (χ4n) is 2.29. The first-order chi connectivity index (χ1) is 12.0. The van der Waals surface area contributed by atoms with Gasteiger partial charge in [0, 0.05) is 31.3 Å². The molecule has 0 aromatic heterocycles. The van der Waals surface area contributed by atoms with E-state index >= 15 is 0 Å². The highest BCUT2D eigenvalue weighted by Crippen LogP contribution is 2.24. The lowest BCUT2D eigenvalue weighted by Crippen LogP contribution is -2.31. The molecule has 6 nitrogen and oxygen atoms in total. The Balaban J connectivity index is 1.78. The minimum Gasteiger partial charge on any atom is -0.497 e. The monoisotopic (exact) mass is 364 g/mol. The summed E-state index contributed by atoms with van der Waals surface area (Å²) in [5.41, 5.74) is 1.87. The molecular formula is C18H24N2O4S. The first-order valence-electron chi connectivity index (χ1n) is 7.97. The standard InChI is InChI=1S/C18H24N2O4S/c1-23-17-9-8-16(18(12-17)24-2)14-19-10-11-25(21,22)20-13-15-6-4-3-5-7-15/h3-9,12,19-20H,10-11,13-14H2,1-2H3. The van der Waals surface area contributed by atoms with E-state index in [1.165, 1.54) is 0 Å². The van der Waals surface area contributed by atoms with Crippen molar-refractivity contribution >= 4 is 10.0 Å². The Morgan fingerprint density at radius 2 is 1.72 bits per heavy atom. The van der Waals surface area contributed by atoms with Gasteiger partial charge in [-0.25, -0.2) is 13.1 Å². The maximum Gasteiger partial charge on any atom is 0.213 e. The summed E-state index contributed by atoms with van der Waals surface area (Å²) in [6.07, 6.45) is 0. The first-order valence-corrected chi connectivity index (χ1v) is 9.62. The van der Waals surface area contributed by atoms with Crippen LogP contribution in [0.2, 0.25) is 0 Å². The molecule has 0 amide bonds. The maximum absolute atomic E-state index is 12.0. The van der Waals surface area contributed by atoms with E-state index in [0.29, 0.717) is 31.1 Å². The molecule has 2 rings (SSSR count). The lowest BCUT2D eigenvalue weighted by Gasteiger charge is -2.12. The summed E-state index contributed by atoms with van der Waals surface area (Å²) in [5, 5.41) is 3.13. The van der Waals surface area contributed by atoms with Crippen molar-refractivity contribution in [2.24, 2.45) is 0 Å². The van der Waals surface area contributed by atoms with E-state index < -0.39 is 10.0 Å². The molecule has 25 heavy (non-hydrogen) atoms. The average Bonchev–Trinajstić information content (AvgIpc) is 2.64. The molecule has 0 unspecified atom stereocenters. The molecule has 2 aromatic carbocycles. The van der Waals surface area contributed by atoms with Crippen LogP contribution < -0.4 is 19.5 Å². The zero-order valence-corrected chi connectivity index (χ0v) is 15.3. The second kappa shape index (κ2) is 9.41. The largest absolute Gasteiger partial charge is 0.497 e. The van der Waals surface area contributed by atoms with Crippen LogP contribution in [0.1, 0.15) is 11.1 Å². The topological polar surface area (TPSA) is 76.7 Å². The van der Waals surface area contributed by atoms with Gasteiger partial charge in [-0.2, -0.15) is 0 Å². The summed E-state index contributed by atoms with van der Waals surface area (Å²) < 4.78 is 37.1. The van der Waals surface area contributed by atoms with Gasteiger partial charge in [0.15, 0.2) is 0 Å². The molecule has 0 spiro atoms. The van der Waals surface area contributed by atoms with Crippen molar-refractivity contribution in [3.63, 3.8) is 0 Å². The van der Waals surface area contributed by atoms with Crippen molar-refractivity contribution in [2.75, 3.05) is 26.5 Å². The smallest absolute Gasteiger partial charge is 0.213 e. The predicted molar refractivity (Wildman–Crippen MR) is 98.3 cm³/mol. The van der Waals surface area contributed by atoms with Crippen LogP contribution in [0.3, 0.4) is 0 Å². The van der Waals surface area contributed by atoms with E-state index in [9.17, 15) is 8.42 Å². The van der Waals surface area contributed by atoms with E-state index in [1.54, 1.807) is 20.3 Å². The third-order valence-corrected chi connectivity index (χ3v) is 5.02. The lowest BCUT2D eigenvalue weighted by atomic mass is 10.2. The number of sulfonamides is 1. The lowest BCUT2D eigenvalue weighted by molar-refractivity contribution is 0.390. The van der Waals surface area contributed by atoms with Crippen molar-refractivity contribution in [1.29, 1.82) is 0 Å². The van der Waals surface area contributed by atoms with Crippen molar-refractivity contribution in [3.8, 4) is 11.5 Å². The zero-order chi connectivity index (χ0) is 18.1. The summed E-state index contributed by atoms with van der Waals surface area (Å²) in [7, 11) is -0.134. The fourth-order valence-corrected chi connectivity index (χ4v) is 3.23. The van der Waals surface area contributed by atoms with Gasteiger partial charge in [0.05, 0.1) is 20.0 Å². The summed E-state index contributed by atoms with van der Waals surface area (Å²) in [4.78, 5) is 0. The number of rotatable bonds is 10. The van der Waals surface area contributed by atoms with Gasteiger partial charge in [0.25, 0.3) is 0 Å². The molecule has 0 saturated carbocycles. The molecule has 0 aliphatic carbocycles. The van der Waals surface area contributed by atoms with E-state index in [4.69, 9.17) is 9.47 Å². The molecule has 0 atom stereocenters. The normalized spacial score (nSPS) is 11.3. The fraction of sp³-hybridized carbons (Fsp3) is 0.333. The van der Waals surface area contributed by atoms with Gasteiger partial charge < -0.3 is 14.8 Å². The molecule has 0 aliphatic rings. The molecule has 0 heterocycles. The molecule has 0 fully saturated rings. The molecule has 2 N–H and O–H groups in total. The van der Waals surface area contributed by atoms with Crippen LogP contribution in [0.25, 0.3) is 0 Å². The average molecular weight is 364 g/mol. The Bertz CT molecular complexity index is 764. The highest BCUT2D eigenvalue weighted by Gasteiger charge is 2.10. The molecular weight excluding hydrogens is 340 g/mol. The van der Waals surface area contributed by atoms with E-state index in [1.807, 2.05) is 42.5 Å². The number of methoxy groups -OCH3 is 2. The van der Waals surface area contributed by atoms with Gasteiger partial charge in [-0.1, -0.05) is 36.4 Å². The Morgan fingerprint density at radius 3 is 2.40 bits per heavy atom. The van der Waals surface area contributed by atoms with E-state index in [-0.39, 0.29) is 5.75 Å². The molecule has 0 saturated heterocycles. The second-order valence-corrected chi connectivity index (χ2v) is 7.41. The van der Waals surface area contributed by atoms with Crippen LogP contribution in [0.4, 0.5) is 0 Å². The van der Waals surface area contributed by atoms with Crippen LogP contribution in [-0.2, 0) is 23.1 Å². The molecule has 0 aliphatic heterocycles. The Labute approximate surface area is 149 Å². The number of ether oxygens (including phenoxy) is 2. The Hall–Kier alpha value is -2.09. The molecule has 0 bridgehead atoms. The predicted octanol–water partition coefficient (Wildman–Crippen LogP) is 1.91. The number of nitrogens with one attached hydrogen (secondary N) is 2. The number of benzene rings is 2. The molecule has 0 radical (unpaired) electrons. The quantitative estimate of drug-likeness (QED) is 0.630. The van der Waals surface area contributed by atoms with Crippen LogP contribution in [0, 0.1) is 0 Å². The Morgan fingerprint density at radius 1 is 0.960 bits per heavy atom. The van der Waals surface area contributed by atoms with Crippen LogP contribution in [-0.4, -0.2) is 34.9 Å². The summed E-state index contributed by atoms with van der Waals surface area (Å²) >= 11 is 0. The van der Waals surface area contributed by atoms with Crippen LogP contribution in [0.15, 0.2) is 48.5 Å². The first kappa shape index (κ1) is 19.2. The van der Waals surface area contributed by atoms with Gasteiger partial charge in [-0.05, 0) is 11.6 Å². The molecule has 7 heteroatoms. The van der Waals surface area contributed by atoms with Gasteiger partial charge in [0.1, 0.15) is 11.5 Å². The van der Waals surface area contributed by atoms with Crippen molar-refractivity contribution in [2.45, 2.75) is 13.1 Å². The second-order valence-electron chi connectivity index (χ2n) is 5.48. The van der Waals surface area contributed by atoms with E-state index in [0.717, 1.165) is 11.1 Å². The van der Waals surface area contributed by atoms with Crippen molar-refractivity contribution in [3.05, 3.63) is 59.7 Å². The molecule has 2 aromatic rings. The zero-order valence-electron chi connectivity index (χ0n) is 14.5. The number of hydrogen-bond donors (Lipinski definition) is 2. The minimum absolute atomic E-state index is 0.0122. The number of hydrogen-bond acceptors (Lipinski definition) is 5. The third kappa shape index (κ3) is 6.38. The van der Waals surface area contributed by atoms with Crippen molar-refractivity contribution < 1.29 is 17.9 Å². The maximum atomic E-state index is 12.0. The highest BCUT2D eigenvalue weighted by molar-refractivity contribution is 7.89. The SMILES string of the molecule is COc1ccc(CNCCS(=O)(=O)NCc2ccccc2)c(OC)c1. The summed E-state index contributed by atoms with van der Waals surface area (Å²) in [5.74, 6) is 1.43. The van der Waals surface area contributed by atoms with Gasteiger partial charge in [-0.15, -0.1) is 0 Å². The Kier molecular flexibility index (Phi) is 7.24. The summed E-state index contributed by atoms with van der Waals surface area (Å²) in [6, 6.07) is 15.0. The van der Waals surface area contributed by atoms with Crippen LogP contribution in [0.5, 0.6) is 11.5 Å². The van der Waals surface area contributed by atoms with Gasteiger partial charge >= 0.3 is 0 Å². The minimum atomic E-state index is -3.32. The molecule has 136 valence electrons. The van der Waals surface area contributed by atoms with Crippen LogP contribution >= 0.6 is 0 Å². The third-order valence-electron chi connectivity index (χ3n) is 3.70. The van der Waals surface area contributed by atoms with Gasteiger partial charge in [-0.3, -0.25) is 0 Å². The van der Waals surface area contributed by atoms with Gasteiger partial charge in [0.2, 0.25) is 10.0 Å². The highest BCUT2D eigenvalue weighted by atomic mass is 32.2. The summed E-state index contributed by atoms with van der Waals surface area (Å²) in [6.45, 7) is 1.16. The van der Waals surface area contributed by atoms with Crippen molar-refractivity contribution in [1.82, 2.24) is 10.0 Å².